The smallest absolute Gasteiger partial charge is 0.474 e. The number of anilines is 1. The predicted octanol–water partition coefficient (Wildman–Crippen LogP) is 6.81. The molecule has 3 aromatic rings. The topological polar surface area (TPSA) is 263 Å². The van der Waals surface area contributed by atoms with E-state index < -0.39 is 86.2 Å². The molecule has 1 aliphatic carbocycles. The molecule has 3 aliphatic rings. The fourth-order valence-electron chi connectivity index (χ4n) is 8.19. The predicted molar refractivity (Wildman–Crippen MR) is 244 cm³/mol. The molecule has 2 bridgehead atoms. The quantitative estimate of drug-likeness (QED) is 0.0756. The molecule has 65 heavy (non-hydrogen) atoms. The van der Waals surface area contributed by atoms with Crippen molar-refractivity contribution in [2.24, 2.45) is 11.8 Å². The van der Waals surface area contributed by atoms with Gasteiger partial charge in [0.15, 0.2) is 17.4 Å². The second-order valence-corrected chi connectivity index (χ2v) is 30.5. The van der Waals surface area contributed by atoms with E-state index in [1.165, 1.54) is 17.2 Å². The highest BCUT2D eigenvalue weighted by Crippen LogP contribution is 2.57. The molecule has 3 aromatic heterocycles. The summed E-state index contributed by atoms with van der Waals surface area (Å²) < 4.78 is 74.7. The van der Waals surface area contributed by atoms with Gasteiger partial charge in [-0.25, -0.2) is 15.0 Å². The molecule has 1 saturated carbocycles. The van der Waals surface area contributed by atoms with E-state index in [1.54, 1.807) is 26.1 Å². The summed E-state index contributed by atoms with van der Waals surface area (Å²) in [5.74, 6) is -1.04. The summed E-state index contributed by atoms with van der Waals surface area (Å²) in [7, 11) is -9.96. The number of nitriles is 1. The number of aromatic amines is 1. The number of H-pyrrole nitrogens is 1. The van der Waals surface area contributed by atoms with Crippen molar-refractivity contribution >= 4 is 66.9 Å². The van der Waals surface area contributed by atoms with Crippen LogP contribution in [-0.2, 0) is 57.1 Å². The Bertz CT molecular complexity index is 2270. The first kappa shape index (κ1) is 51.4. The van der Waals surface area contributed by atoms with Crippen molar-refractivity contribution < 1.29 is 54.8 Å². The molecule has 9 atom stereocenters. The normalized spacial score (nSPS) is 27.5. The molecule has 2 aliphatic heterocycles. The van der Waals surface area contributed by atoms with Crippen molar-refractivity contribution in [3.63, 3.8) is 0 Å². The van der Waals surface area contributed by atoms with Crippen LogP contribution in [0.3, 0.4) is 0 Å². The largest absolute Gasteiger partial charge is 0.697 e. The molecule has 3 fully saturated rings. The Hall–Kier alpha value is -2.99. The minimum absolute atomic E-state index is 0.0132. The summed E-state index contributed by atoms with van der Waals surface area (Å²) in [6, 6.07) is 3.70. The van der Waals surface area contributed by atoms with Crippen molar-refractivity contribution in [2.75, 3.05) is 25.1 Å². The van der Waals surface area contributed by atoms with E-state index >= 15 is 0 Å². The summed E-state index contributed by atoms with van der Waals surface area (Å²) in [6.45, 7) is 14.5. The van der Waals surface area contributed by atoms with E-state index in [1.807, 2.05) is 55.4 Å². The summed E-state index contributed by atoms with van der Waals surface area (Å²) in [6.07, 6.45) is -0.980. The molecule has 0 aromatic carbocycles. The van der Waals surface area contributed by atoms with Gasteiger partial charge in [-0.1, -0.05) is 69.2 Å². The number of ether oxygens (including phenoxy) is 2. The number of nitrogens with one attached hydrogen (secondary N) is 2. The number of rotatable bonds is 16. The highest BCUT2D eigenvalue weighted by Gasteiger charge is 2.60. The van der Waals surface area contributed by atoms with E-state index in [-0.39, 0.29) is 71.4 Å². The second-order valence-electron chi connectivity index (χ2n) is 18.0. The molecular weight excluding hydrogens is 939 g/mol. The monoisotopic (exact) mass is 999 g/mol. The lowest BCUT2D eigenvalue weighted by molar-refractivity contribution is -0.118. The van der Waals surface area contributed by atoms with Crippen LogP contribution in [0.4, 0.5) is 5.95 Å². The molecule has 2 unspecified atom stereocenters. The van der Waals surface area contributed by atoms with Crippen molar-refractivity contribution in [2.45, 2.75) is 147 Å². The zero-order chi connectivity index (χ0) is 47.4. The van der Waals surface area contributed by atoms with Crippen LogP contribution in [0.5, 0.6) is 5.88 Å². The van der Waals surface area contributed by atoms with Gasteiger partial charge in [0.25, 0.3) is 5.56 Å². The third-order valence-electron chi connectivity index (χ3n) is 11.8. The van der Waals surface area contributed by atoms with Crippen molar-refractivity contribution in [1.29, 1.82) is 5.26 Å². The Balaban J connectivity index is 1.49. The molecule has 0 radical (unpaired) electrons. The van der Waals surface area contributed by atoms with Gasteiger partial charge in [-0.15, -0.1) is 9.05 Å². The standard InChI is InChI=1S/C39H60N8O13P2SSi2/c1-22(2)36(48)45-39-44-35-32(37(49)46-39)43-21-47(35)38-34-33(59-65(25(7)8,26(9)10)60-64(51,23(3)4)24(5)6)30(56-38)19-52-61(50)57-29-17-28(55-31-12-14-41-20-42-31)16-27(29)18-54-62(63,58-34)53-15-11-13-40/h12,14,20-30,33-34,38,51H,11,15-19H2,1-10H3,(H-,44,45,46,48,49)/p+1/t27-,28-,29+,30-,33-,34-,38-,62?/m1/s1. The van der Waals surface area contributed by atoms with Crippen LogP contribution in [0.25, 0.3) is 11.2 Å². The van der Waals surface area contributed by atoms with E-state index in [4.69, 9.17) is 52.4 Å². The molecule has 2 saturated heterocycles. The minimum Gasteiger partial charge on any atom is -0.474 e. The lowest BCUT2D eigenvalue weighted by Crippen LogP contribution is -2.62. The average molecular weight is 1000 g/mol. The summed E-state index contributed by atoms with van der Waals surface area (Å²) >= 11 is 6.20. The maximum atomic E-state index is 13.9. The zero-order valence-electron chi connectivity index (χ0n) is 38.3. The lowest BCUT2D eigenvalue weighted by Gasteiger charge is -2.47. The number of nitrogens with zero attached hydrogens (tertiary/aromatic N) is 6. The van der Waals surface area contributed by atoms with Crippen molar-refractivity contribution in [3.8, 4) is 11.9 Å². The van der Waals surface area contributed by atoms with Crippen molar-refractivity contribution in [3.05, 3.63) is 35.3 Å². The van der Waals surface area contributed by atoms with Crippen LogP contribution in [0, 0.1) is 23.2 Å². The maximum absolute atomic E-state index is 13.9. The van der Waals surface area contributed by atoms with E-state index in [0.29, 0.717) is 18.7 Å². The lowest BCUT2D eigenvalue weighted by atomic mass is 10.1. The van der Waals surface area contributed by atoms with Crippen LogP contribution < -0.4 is 15.6 Å². The third kappa shape index (κ3) is 11.7. The van der Waals surface area contributed by atoms with Crippen molar-refractivity contribution in [1.82, 2.24) is 29.5 Å². The number of fused-ring (bicyclic) bond motifs is 4. The SMILES string of the molecule is CC(C)C(=O)Nc1nc2c(ncn2[C@@H]2O[C@@H]3CO[P+](=O)O[C@H]4C[C@H](Oc5ccncn5)C[C@@H]4COP(=S)(OCCC#N)O[C@@H]2[C@@H]3O[Si](O[Si](O)(C(C)C)C(C)C)(C(C)C)C(C)C)c(=O)[nH]1. The van der Waals surface area contributed by atoms with E-state index in [0.717, 1.165) is 0 Å². The number of amides is 1. The third-order valence-corrected chi connectivity index (χ3v) is 24.7. The van der Waals surface area contributed by atoms with Gasteiger partial charge in [-0.05, 0) is 40.4 Å². The van der Waals surface area contributed by atoms with Gasteiger partial charge in [0.05, 0.1) is 32.0 Å². The fraction of sp³-hybridized carbons (Fsp3) is 0.718. The number of carbonyl (C=O) groups is 1. The summed E-state index contributed by atoms with van der Waals surface area (Å²) in [4.78, 5) is 58.3. The van der Waals surface area contributed by atoms with Crippen LogP contribution in [0.2, 0.25) is 22.2 Å². The molecule has 0 spiro atoms. The van der Waals surface area contributed by atoms with Gasteiger partial charge in [-0.2, -0.15) is 10.2 Å². The minimum atomic E-state index is -3.93. The zero-order valence-corrected chi connectivity index (χ0v) is 42.9. The summed E-state index contributed by atoms with van der Waals surface area (Å²) in [5.41, 5.74) is -1.66. The molecule has 5 heterocycles. The Morgan fingerprint density at radius 3 is 2.45 bits per heavy atom. The fourth-order valence-corrected chi connectivity index (χ4v) is 21.0. The highest BCUT2D eigenvalue weighted by atomic mass is 32.5. The number of carbonyl (C=O) groups excluding carboxylic acids is 1. The Morgan fingerprint density at radius 2 is 1.82 bits per heavy atom. The first-order valence-electron chi connectivity index (χ1n) is 21.9. The first-order valence-corrected chi connectivity index (χ1v) is 29.5. The Morgan fingerprint density at radius 1 is 1.09 bits per heavy atom. The van der Waals surface area contributed by atoms with Gasteiger partial charge in [-0.3, -0.25) is 29.0 Å². The molecule has 21 nitrogen and oxygen atoms in total. The molecule has 3 N–H and O–H groups in total. The first-order chi connectivity index (χ1) is 30.7. The summed E-state index contributed by atoms with van der Waals surface area (Å²) in [5, 5.41) is 12.2. The molecule has 358 valence electrons. The van der Waals surface area contributed by atoms with Gasteiger partial charge >= 0.3 is 32.1 Å². The van der Waals surface area contributed by atoms with Crippen LogP contribution >= 0.6 is 15.0 Å². The Kier molecular flexibility index (Phi) is 17.0. The Labute approximate surface area is 386 Å². The second kappa shape index (κ2) is 21.5. The number of hydrogen-bond donors (Lipinski definition) is 3. The number of imidazole rings is 1. The van der Waals surface area contributed by atoms with Gasteiger partial charge in [0, 0.05) is 35.1 Å². The van der Waals surface area contributed by atoms with Crippen LogP contribution in [0.15, 0.2) is 29.7 Å². The molecular formula is C39H61N8O13P2SSi2+. The van der Waals surface area contributed by atoms with Gasteiger partial charge < -0.3 is 31.9 Å². The molecule has 6 rings (SSSR count). The van der Waals surface area contributed by atoms with E-state index in [9.17, 15) is 24.2 Å². The molecule has 26 heteroatoms. The average Bonchev–Trinajstić information content (AvgIpc) is 3.93. The maximum Gasteiger partial charge on any atom is 0.697 e. The molecule has 1 amide bonds. The van der Waals surface area contributed by atoms with E-state index in [2.05, 4.69) is 36.3 Å². The van der Waals surface area contributed by atoms with Crippen LogP contribution in [-0.4, -0.2) is 108 Å². The van der Waals surface area contributed by atoms with Crippen LogP contribution in [0.1, 0.15) is 94.7 Å². The highest BCUT2D eigenvalue weighted by molar-refractivity contribution is 8.07. The number of aromatic nitrogens is 6. The number of hydrogen-bond acceptors (Lipinski definition) is 19. The van der Waals surface area contributed by atoms with Gasteiger partial charge in [0.2, 0.25) is 17.7 Å². The van der Waals surface area contributed by atoms with Gasteiger partial charge in [0.1, 0.15) is 43.5 Å².